The van der Waals surface area contributed by atoms with Gasteiger partial charge in [0.05, 0.1) is 5.88 Å². The highest BCUT2D eigenvalue weighted by atomic mass is 32.2. The summed E-state index contributed by atoms with van der Waals surface area (Å²) in [6.07, 6.45) is 3.25. The van der Waals surface area contributed by atoms with Gasteiger partial charge in [-0.1, -0.05) is 25.1 Å². The van der Waals surface area contributed by atoms with Gasteiger partial charge in [-0.05, 0) is 23.5 Å². The molecule has 1 aliphatic rings. The van der Waals surface area contributed by atoms with Gasteiger partial charge < -0.3 is 4.90 Å². The monoisotopic (exact) mass is 191 g/mol. The van der Waals surface area contributed by atoms with Crippen LogP contribution in [-0.2, 0) is 6.42 Å². The van der Waals surface area contributed by atoms with E-state index >= 15 is 0 Å². The number of benzene rings is 1. The fraction of sp³-hybridized carbons (Fsp3) is 0.273. The molecule has 1 aromatic rings. The summed E-state index contributed by atoms with van der Waals surface area (Å²) in [5.41, 5.74) is 2.78. The normalized spacial score (nSPS) is 15.3. The van der Waals surface area contributed by atoms with Crippen LogP contribution in [0.4, 0.5) is 5.69 Å². The summed E-state index contributed by atoms with van der Waals surface area (Å²) in [6, 6.07) is 8.60. The average Bonchev–Trinajstić information content (AvgIpc) is 2.70. The van der Waals surface area contributed by atoms with Gasteiger partial charge >= 0.3 is 0 Å². The number of hydrogen-bond acceptors (Lipinski definition) is 2. The summed E-state index contributed by atoms with van der Waals surface area (Å²) in [6.45, 7) is 2.20. The first-order chi connectivity index (χ1) is 6.42. The SMILES string of the molecule is CCc1ccccc1N1C=CSC1. The summed E-state index contributed by atoms with van der Waals surface area (Å²) in [4.78, 5) is 2.30. The molecule has 0 atom stereocenters. The van der Waals surface area contributed by atoms with Crippen molar-refractivity contribution in [2.75, 3.05) is 10.8 Å². The van der Waals surface area contributed by atoms with Crippen LogP contribution >= 0.6 is 11.8 Å². The number of hydrogen-bond donors (Lipinski definition) is 0. The van der Waals surface area contributed by atoms with Crippen LogP contribution in [0, 0.1) is 0 Å². The number of thioether (sulfide) groups is 1. The van der Waals surface area contributed by atoms with Crippen LogP contribution < -0.4 is 4.90 Å². The maximum atomic E-state index is 2.30. The third-order valence-corrected chi connectivity index (χ3v) is 2.97. The van der Waals surface area contributed by atoms with E-state index in [0.717, 1.165) is 12.3 Å². The molecular weight excluding hydrogens is 178 g/mol. The van der Waals surface area contributed by atoms with E-state index in [1.54, 1.807) is 0 Å². The molecule has 1 aromatic carbocycles. The molecule has 0 saturated carbocycles. The number of nitrogens with zero attached hydrogens (tertiary/aromatic N) is 1. The van der Waals surface area contributed by atoms with E-state index in [9.17, 15) is 0 Å². The molecular formula is C11H13NS. The van der Waals surface area contributed by atoms with Crippen molar-refractivity contribution < 1.29 is 0 Å². The molecule has 0 N–H and O–H groups in total. The highest BCUT2D eigenvalue weighted by molar-refractivity contribution is 8.02. The van der Waals surface area contributed by atoms with E-state index in [2.05, 4.69) is 47.7 Å². The Balaban J connectivity index is 2.32. The Kier molecular flexibility index (Phi) is 2.60. The number of rotatable bonds is 2. The van der Waals surface area contributed by atoms with Gasteiger partial charge in [0.15, 0.2) is 0 Å². The third-order valence-electron chi connectivity index (χ3n) is 2.23. The molecule has 0 radical (unpaired) electrons. The molecule has 0 spiro atoms. The number of aryl methyl sites for hydroxylation is 1. The molecule has 1 heterocycles. The predicted octanol–water partition coefficient (Wildman–Crippen LogP) is 3.23. The Bertz CT molecular complexity index is 320. The van der Waals surface area contributed by atoms with E-state index in [4.69, 9.17) is 0 Å². The maximum absolute atomic E-state index is 2.30. The number of anilines is 1. The van der Waals surface area contributed by atoms with E-state index in [-0.39, 0.29) is 0 Å². The largest absolute Gasteiger partial charge is 0.337 e. The second kappa shape index (κ2) is 3.88. The van der Waals surface area contributed by atoms with E-state index in [1.807, 2.05) is 11.8 Å². The molecule has 68 valence electrons. The first kappa shape index (κ1) is 8.70. The fourth-order valence-electron chi connectivity index (χ4n) is 1.52. The van der Waals surface area contributed by atoms with E-state index in [0.29, 0.717) is 0 Å². The topological polar surface area (TPSA) is 3.24 Å². The Morgan fingerprint density at radius 2 is 2.23 bits per heavy atom. The Morgan fingerprint density at radius 3 is 2.92 bits per heavy atom. The zero-order chi connectivity index (χ0) is 9.10. The highest BCUT2D eigenvalue weighted by Gasteiger charge is 2.09. The molecule has 0 saturated heterocycles. The van der Waals surface area contributed by atoms with Crippen molar-refractivity contribution >= 4 is 17.4 Å². The molecule has 13 heavy (non-hydrogen) atoms. The van der Waals surface area contributed by atoms with E-state index in [1.165, 1.54) is 11.3 Å². The molecule has 1 aliphatic heterocycles. The van der Waals surface area contributed by atoms with Crippen molar-refractivity contribution in [2.45, 2.75) is 13.3 Å². The molecule has 0 aromatic heterocycles. The van der Waals surface area contributed by atoms with Crippen LogP contribution in [0.15, 0.2) is 35.9 Å². The zero-order valence-corrected chi connectivity index (χ0v) is 8.55. The lowest BCUT2D eigenvalue weighted by atomic mass is 10.1. The summed E-state index contributed by atoms with van der Waals surface area (Å²) in [5.74, 6) is 1.05. The van der Waals surface area contributed by atoms with Crippen LogP contribution in [-0.4, -0.2) is 5.88 Å². The summed E-state index contributed by atoms with van der Waals surface area (Å²) >= 11 is 1.84. The van der Waals surface area contributed by atoms with Gasteiger partial charge in [-0.2, -0.15) is 0 Å². The molecule has 0 unspecified atom stereocenters. The van der Waals surface area contributed by atoms with Gasteiger partial charge in [-0.15, -0.1) is 11.8 Å². The van der Waals surface area contributed by atoms with Crippen molar-refractivity contribution in [1.29, 1.82) is 0 Å². The predicted molar refractivity (Wildman–Crippen MR) is 59.9 cm³/mol. The lowest BCUT2D eigenvalue weighted by Gasteiger charge is -2.18. The highest BCUT2D eigenvalue weighted by Crippen LogP contribution is 2.27. The summed E-state index contributed by atoms with van der Waals surface area (Å²) < 4.78 is 0. The Labute approximate surface area is 83.4 Å². The van der Waals surface area contributed by atoms with Crippen LogP contribution in [0.1, 0.15) is 12.5 Å². The van der Waals surface area contributed by atoms with Crippen molar-refractivity contribution in [2.24, 2.45) is 0 Å². The quantitative estimate of drug-likeness (QED) is 0.706. The van der Waals surface area contributed by atoms with Gasteiger partial charge in [0.25, 0.3) is 0 Å². The van der Waals surface area contributed by atoms with E-state index < -0.39 is 0 Å². The maximum Gasteiger partial charge on any atom is 0.0723 e. The minimum atomic E-state index is 1.05. The standard InChI is InChI=1S/C11H13NS/c1-2-10-5-3-4-6-11(10)12-7-8-13-9-12/h3-8H,2,9H2,1H3. The van der Waals surface area contributed by atoms with Gasteiger partial charge in [-0.25, -0.2) is 0 Å². The minimum absolute atomic E-state index is 1.05. The van der Waals surface area contributed by atoms with Crippen LogP contribution in [0.2, 0.25) is 0 Å². The molecule has 2 heteroatoms. The van der Waals surface area contributed by atoms with Gasteiger partial charge in [0, 0.05) is 11.9 Å². The van der Waals surface area contributed by atoms with Crippen molar-refractivity contribution in [3.8, 4) is 0 Å². The molecule has 0 bridgehead atoms. The smallest absolute Gasteiger partial charge is 0.0723 e. The lowest BCUT2D eigenvalue weighted by molar-refractivity contribution is 1.09. The first-order valence-corrected chi connectivity index (χ1v) is 5.59. The molecule has 0 amide bonds. The molecule has 2 rings (SSSR count). The number of para-hydroxylation sites is 1. The third kappa shape index (κ3) is 1.73. The average molecular weight is 191 g/mol. The zero-order valence-electron chi connectivity index (χ0n) is 7.73. The van der Waals surface area contributed by atoms with Gasteiger partial charge in [0.1, 0.15) is 0 Å². The van der Waals surface area contributed by atoms with Crippen molar-refractivity contribution in [1.82, 2.24) is 0 Å². The summed E-state index contributed by atoms with van der Waals surface area (Å²) in [5, 5.41) is 2.15. The second-order valence-corrected chi connectivity index (χ2v) is 3.90. The van der Waals surface area contributed by atoms with Crippen LogP contribution in [0.25, 0.3) is 0 Å². The van der Waals surface area contributed by atoms with Crippen LogP contribution in [0.3, 0.4) is 0 Å². The Hall–Kier alpha value is -0.890. The first-order valence-electron chi connectivity index (χ1n) is 4.54. The van der Waals surface area contributed by atoms with Crippen molar-refractivity contribution in [3.05, 3.63) is 41.4 Å². The molecule has 0 fully saturated rings. The van der Waals surface area contributed by atoms with Crippen LogP contribution in [0.5, 0.6) is 0 Å². The Morgan fingerprint density at radius 1 is 1.38 bits per heavy atom. The molecule has 0 aliphatic carbocycles. The fourth-order valence-corrected chi connectivity index (χ4v) is 2.23. The lowest BCUT2D eigenvalue weighted by Crippen LogP contribution is -2.12. The minimum Gasteiger partial charge on any atom is -0.337 e. The summed E-state index contributed by atoms with van der Waals surface area (Å²) in [7, 11) is 0. The molecule has 1 nitrogen and oxygen atoms in total. The van der Waals surface area contributed by atoms with Gasteiger partial charge in [0.2, 0.25) is 0 Å². The second-order valence-electron chi connectivity index (χ2n) is 3.03. The van der Waals surface area contributed by atoms with Crippen molar-refractivity contribution in [3.63, 3.8) is 0 Å². The van der Waals surface area contributed by atoms with Gasteiger partial charge in [-0.3, -0.25) is 0 Å².